The molecule has 0 saturated carbocycles. The molecule has 1 aromatic rings. The third kappa shape index (κ3) is 4.84. The number of amides is 4. The van der Waals surface area contributed by atoms with Crippen molar-refractivity contribution in [2.24, 2.45) is 5.41 Å². The largest absolute Gasteiger partial charge is 0.480 e. The number of hydrogen-bond donors (Lipinski definition) is 4. The van der Waals surface area contributed by atoms with Crippen LogP contribution in [0, 0.1) is 5.41 Å². The van der Waals surface area contributed by atoms with Gasteiger partial charge in [0.15, 0.2) is 0 Å². The summed E-state index contributed by atoms with van der Waals surface area (Å²) in [5, 5.41) is 16.6. The van der Waals surface area contributed by atoms with E-state index in [1.807, 2.05) is 20.8 Å². The molecule has 0 radical (unpaired) electrons. The molecule has 0 aromatic heterocycles. The molecule has 2 atom stereocenters. The summed E-state index contributed by atoms with van der Waals surface area (Å²) in [4.78, 5) is 47.5. The highest BCUT2D eigenvalue weighted by Gasteiger charge is 2.43. The number of aliphatic carboxylic acids is 1. The van der Waals surface area contributed by atoms with Crippen LogP contribution in [0.1, 0.15) is 56.5 Å². The minimum absolute atomic E-state index is 0.0546. The third-order valence-corrected chi connectivity index (χ3v) is 4.53. The fraction of sp³-hybridized carbons (Fsp3) is 0.474. The van der Waals surface area contributed by atoms with Gasteiger partial charge in [-0.25, -0.2) is 9.59 Å². The lowest BCUT2D eigenvalue weighted by atomic mass is 9.88. The Hall–Kier alpha value is -2.90. The maximum atomic E-state index is 12.5. The highest BCUT2D eigenvalue weighted by Crippen LogP contribution is 2.25. The first-order valence-corrected chi connectivity index (χ1v) is 8.70. The zero-order valence-corrected chi connectivity index (χ0v) is 15.9. The number of carboxylic acids is 1. The van der Waals surface area contributed by atoms with Crippen molar-refractivity contribution < 1.29 is 24.3 Å². The maximum absolute atomic E-state index is 12.5. The van der Waals surface area contributed by atoms with Crippen LogP contribution < -0.4 is 16.0 Å². The van der Waals surface area contributed by atoms with Gasteiger partial charge in [-0.2, -0.15) is 0 Å². The van der Waals surface area contributed by atoms with Gasteiger partial charge in [-0.15, -0.1) is 0 Å². The number of benzene rings is 1. The molecule has 2 unspecified atom stereocenters. The second kappa shape index (κ2) is 7.38. The SMILES string of the molecule is CC(C)(C)CCC(NC(=O)c1cccc(C2(C)NC(=O)NC2=O)c1)C(=O)O. The molecule has 2 rings (SSSR count). The number of rotatable bonds is 6. The van der Waals surface area contributed by atoms with Gasteiger partial charge in [-0.3, -0.25) is 14.9 Å². The summed E-state index contributed by atoms with van der Waals surface area (Å²) >= 11 is 0. The van der Waals surface area contributed by atoms with Crippen LogP contribution >= 0.6 is 0 Å². The quantitative estimate of drug-likeness (QED) is 0.564. The van der Waals surface area contributed by atoms with E-state index in [0.29, 0.717) is 18.4 Å². The Morgan fingerprint density at radius 2 is 1.93 bits per heavy atom. The van der Waals surface area contributed by atoms with Gasteiger partial charge in [0, 0.05) is 5.56 Å². The normalized spacial score (nSPS) is 20.6. The molecule has 0 spiro atoms. The Morgan fingerprint density at radius 3 is 2.44 bits per heavy atom. The highest BCUT2D eigenvalue weighted by atomic mass is 16.4. The topological polar surface area (TPSA) is 125 Å². The summed E-state index contributed by atoms with van der Waals surface area (Å²) in [7, 11) is 0. The van der Waals surface area contributed by atoms with Gasteiger partial charge >= 0.3 is 12.0 Å². The minimum Gasteiger partial charge on any atom is -0.480 e. The smallest absolute Gasteiger partial charge is 0.326 e. The van der Waals surface area contributed by atoms with Crippen molar-refractivity contribution in [3.63, 3.8) is 0 Å². The number of carboxylic acid groups (broad SMARTS) is 1. The molecule has 1 aliphatic heterocycles. The zero-order valence-electron chi connectivity index (χ0n) is 15.9. The predicted molar refractivity (Wildman–Crippen MR) is 98.0 cm³/mol. The third-order valence-electron chi connectivity index (χ3n) is 4.53. The molecule has 1 aliphatic rings. The average molecular weight is 375 g/mol. The lowest BCUT2D eigenvalue weighted by molar-refractivity contribution is -0.139. The molecule has 1 fully saturated rings. The van der Waals surface area contributed by atoms with Crippen molar-refractivity contribution in [3.8, 4) is 0 Å². The summed E-state index contributed by atoms with van der Waals surface area (Å²) in [5.41, 5.74) is -0.697. The minimum atomic E-state index is -1.29. The second-order valence-electron chi connectivity index (χ2n) is 8.08. The zero-order chi connectivity index (χ0) is 20.4. The Morgan fingerprint density at radius 1 is 1.26 bits per heavy atom. The molecule has 0 aliphatic carbocycles. The Kier molecular flexibility index (Phi) is 5.58. The first-order chi connectivity index (χ1) is 12.4. The molecule has 4 N–H and O–H groups in total. The van der Waals surface area contributed by atoms with E-state index in [9.17, 15) is 24.3 Å². The molecule has 1 aromatic carbocycles. The van der Waals surface area contributed by atoms with Crippen LogP contribution in [0.4, 0.5) is 4.79 Å². The Labute approximate surface area is 157 Å². The van der Waals surface area contributed by atoms with Gasteiger partial charge in [0.1, 0.15) is 11.6 Å². The van der Waals surface area contributed by atoms with Crippen LogP contribution in [-0.2, 0) is 15.1 Å². The Balaban J connectivity index is 2.18. The molecule has 0 bridgehead atoms. The monoisotopic (exact) mass is 375 g/mol. The molecule has 4 amide bonds. The average Bonchev–Trinajstić information content (AvgIpc) is 2.83. The predicted octanol–water partition coefficient (Wildman–Crippen LogP) is 1.75. The number of urea groups is 1. The molecule has 1 saturated heterocycles. The van der Waals surface area contributed by atoms with Crippen LogP contribution in [0.5, 0.6) is 0 Å². The molecule has 8 nitrogen and oxygen atoms in total. The van der Waals surface area contributed by atoms with E-state index in [-0.39, 0.29) is 11.0 Å². The molecular weight excluding hydrogens is 350 g/mol. The van der Waals surface area contributed by atoms with Crippen molar-refractivity contribution in [3.05, 3.63) is 35.4 Å². The van der Waals surface area contributed by atoms with Crippen molar-refractivity contribution >= 4 is 23.8 Å². The highest BCUT2D eigenvalue weighted by molar-refractivity contribution is 6.07. The van der Waals surface area contributed by atoms with E-state index in [1.54, 1.807) is 12.1 Å². The van der Waals surface area contributed by atoms with Gasteiger partial charge in [-0.1, -0.05) is 32.9 Å². The molecule has 146 valence electrons. The number of nitrogens with one attached hydrogen (secondary N) is 3. The van der Waals surface area contributed by atoms with Crippen LogP contribution in [0.15, 0.2) is 24.3 Å². The summed E-state index contributed by atoms with van der Waals surface area (Å²) in [6, 6.07) is 4.59. The molecule has 27 heavy (non-hydrogen) atoms. The number of carbonyl (C=O) groups excluding carboxylic acids is 3. The van der Waals surface area contributed by atoms with E-state index in [0.717, 1.165) is 0 Å². The number of imide groups is 1. The van der Waals surface area contributed by atoms with Crippen molar-refractivity contribution in [1.82, 2.24) is 16.0 Å². The van der Waals surface area contributed by atoms with E-state index in [4.69, 9.17) is 0 Å². The van der Waals surface area contributed by atoms with E-state index < -0.39 is 35.4 Å². The van der Waals surface area contributed by atoms with Gasteiger partial charge in [0.2, 0.25) is 0 Å². The fourth-order valence-corrected chi connectivity index (χ4v) is 2.79. The van der Waals surface area contributed by atoms with Crippen molar-refractivity contribution in [1.29, 1.82) is 0 Å². The molecule has 1 heterocycles. The lowest BCUT2D eigenvalue weighted by Crippen LogP contribution is -2.42. The van der Waals surface area contributed by atoms with Crippen molar-refractivity contribution in [2.45, 2.75) is 52.1 Å². The first-order valence-electron chi connectivity index (χ1n) is 8.70. The summed E-state index contributed by atoms with van der Waals surface area (Å²) < 4.78 is 0. The molecule has 8 heteroatoms. The first kappa shape index (κ1) is 20.4. The second-order valence-corrected chi connectivity index (χ2v) is 8.08. The van der Waals surface area contributed by atoms with E-state index in [1.165, 1.54) is 19.1 Å². The standard InChI is InChI=1S/C19H25N3O5/c1-18(2,3)9-8-13(15(24)25)20-14(23)11-6-5-7-12(10-11)19(4)16(26)21-17(27)22-19/h5-7,10,13H,8-9H2,1-4H3,(H,20,23)(H,24,25)(H2,21,22,26,27). The van der Waals surface area contributed by atoms with Crippen LogP contribution in [0.2, 0.25) is 0 Å². The number of carbonyl (C=O) groups is 4. The van der Waals surface area contributed by atoms with Gasteiger partial charge in [0.05, 0.1) is 0 Å². The fourth-order valence-electron chi connectivity index (χ4n) is 2.79. The van der Waals surface area contributed by atoms with Crippen LogP contribution in [0.3, 0.4) is 0 Å². The maximum Gasteiger partial charge on any atom is 0.326 e. The number of hydrogen-bond acceptors (Lipinski definition) is 4. The summed E-state index contributed by atoms with van der Waals surface area (Å²) in [5.74, 6) is -2.16. The van der Waals surface area contributed by atoms with Crippen molar-refractivity contribution in [2.75, 3.05) is 0 Å². The summed E-state index contributed by atoms with van der Waals surface area (Å²) in [6.07, 6.45) is 0.939. The van der Waals surface area contributed by atoms with Crippen LogP contribution in [-0.4, -0.2) is 35.0 Å². The van der Waals surface area contributed by atoms with Gasteiger partial charge in [-0.05, 0) is 42.9 Å². The van der Waals surface area contributed by atoms with Crippen LogP contribution in [0.25, 0.3) is 0 Å². The summed E-state index contributed by atoms with van der Waals surface area (Å²) in [6.45, 7) is 7.53. The molecular formula is C19H25N3O5. The van der Waals surface area contributed by atoms with Gasteiger partial charge in [0.25, 0.3) is 11.8 Å². The van der Waals surface area contributed by atoms with E-state index in [2.05, 4.69) is 16.0 Å². The Bertz CT molecular complexity index is 784. The van der Waals surface area contributed by atoms with Gasteiger partial charge < -0.3 is 15.7 Å². The van der Waals surface area contributed by atoms with E-state index >= 15 is 0 Å². The lowest BCUT2D eigenvalue weighted by Gasteiger charge is -2.23.